The first kappa shape index (κ1) is 16.4. The van der Waals surface area contributed by atoms with Gasteiger partial charge in [-0.1, -0.05) is 24.3 Å². The first-order valence-corrected chi connectivity index (χ1v) is 8.00. The van der Waals surface area contributed by atoms with Crippen LogP contribution in [0.15, 0.2) is 57.9 Å². The molecule has 3 rings (SSSR count). The number of nitrogens with zero attached hydrogens (tertiary/aromatic N) is 1. The summed E-state index contributed by atoms with van der Waals surface area (Å²) in [6.07, 6.45) is 1.80. The molecule has 1 heterocycles. The van der Waals surface area contributed by atoms with Gasteiger partial charge in [-0.05, 0) is 37.7 Å². The van der Waals surface area contributed by atoms with Gasteiger partial charge in [-0.15, -0.1) is 0 Å². The highest BCUT2D eigenvalue weighted by atomic mass is 32.2. The van der Waals surface area contributed by atoms with Gasteiger partial charge >= 0.3 is 0 Å². The van der Waals surface area contributed by atoms with Crippen molar-refractivity contribution in [3.8, 4) is 0 Å². The first-order valence-electron chi connectivity index (χ1n) is 6.76. The molecule has 1 atom stereocenters. The highest BCUT2D eigenvalue weighted by Crippen LogP contribution is 2.27. The number of para-hydroxylation sites is 1. The van der Waals surface area contributed by atoms with Crippen LogP contribution in [0, 0.1) is 12.7 Å². The van der Waals surface area contributed by atoms with Crippen molar-refractivity contribution in [2.45, 2.75) is 11.8 Å². The van der Waals surface area contributed by atoms with E-state index >= 15 is 0 Å². The molecule has 22 heavy (non-hydrogen) atoms. The zero-order valence-corrected chi connectivity index (χ0v) is 13.3. The summed E-state index contributed by atoms with van der Waals surface area (Å²) < 4.78 is 18.3. The molecule has 3 aromatic rings. The van der Waals surface area contributed by atoms with Gasteiger partial charge < -0.3 is 10.7 Å². The average molecular weight is 318 g/mol. The molecule has 6 heteroatoms. The van der Waals surface area contributed by atoms with Gasteiger partial charge in [0.25, 0.3) is 0 Å². The number of hydrogen-bond donors (Lipinski definition) is 3. The van der Waals surface area contributed by atoms with Crippen molar-refractivity contribution in [2.75, 3.05) is 7.05 Å². The average Bonchev–Trinajstić information content (AvgIpc) is 2.92. The number of nitrogens with two attached hydrogens (primary N) is 2. The lowest BCUT2D eigenvalue weighted by Crippen LogP contribution is -2.05. The number of aromatic nitrogens is 1. The van der Waals surface area contributed by atoms with Gasteiger partial charge in [0, 0.05) is 28.0 Å². The summed E-state index contributed by atoms with van der Waals surface area (Å²) in [6, 6.07) is 12.8. The van der Waals surface area contributed by atoms with Crippen LogP contribution >= 0.6 is 0 Å². The molecule has 0 aliphatic heterocycles. The summed E-state index contributed by atoms with van der Waals surface area (Å²) in [5, 5.41) is 7.02. The summed E-state index contributed by atoms with van der Waals surface area (Å²) in [7, 11) is 0.491. The number of fused-ring (bicyclic) bond motifs is 1. The number of halogens is 1. The summed E-state index contributed by atoms with van der Waals surface area (Å²) in [6.45, 7) is 1.85. The number of aromatic amines is 1. The smallest absolute Gasteiger partial charge is 0.139 e. The topological polar surface area (TPSA) is 80.2 Å². The molecule has 116 valence electrons. The molecule has 0 amide bonds. The van der Waals surface area contributed by atoms with E-state index in [2.05, 4.69) is 15.1 Å². The minimum atomic E-state index is -1.01. The monoisotopic (exact) mass is 318 g/mol. The fourth-order valence-corrected chi connectivity index (χ4v) is 2.99. The normalized spacial score (nSPS) is 12.0. The Bertz CT molecular complexity index is 811. The van der Waals surface area contributed by atoms with Gasteiger partial charge in [-0.3, -0.25) is 5.14 Å². The van der Waals surface area contributed by atoms with E-state index < -0.39 is 10.9 Å². The SMILES string of the molecule is CN.Cc1ccc(S(N)=Nc2c[nH]c3ccccc23)c(F)c1. The molecule has 5 N–H and O–H groups in total. The largest absolute Gasteiger partial charge is 0.359 e. The number of aryl methyl sites for hydroxylation is 1. The standard InChI is InChI=1S/C15H14FN3S.CH5N/c1-10-6-7-15(12(16)8-10)20(17)19-14-9-18-13-5-3-2-4-11(13)14;1-2/h2-9,18H,1H3,(H2,17,19);2H2,1H3. The number of hydrogen-bond acceptors (Lipinski definition) is 2. The minimum absolute atomic E-state index is 0.306. The Kier molecular flexibility index (Phi) is 5.43. The van der Waals surface area contributed by atoms with Gasteiger partial charge in [0.2, 0.25) is 0 Å². The van der Waals surface area contributed by atoms with E-state index in [0.717, 1.165) is 22.2 Å². The Labute approximate surface area is 131 Å². The molecule has 4 nitrogen and oxygen atoms in total. The van der Waals surface area contributed by atoms with Crippen LogP contribution in [-0.4, -0.2) is 12.0 Å². The van der Waals surface area contributed by atoms with Crippen molar-refractivity contribution in [3.05, 3.63) is 60.0 Å². The second-order valence-electron chi connectivity index (χ2n) is 4.56. The van der Waals surface area contributed by atoms with Crippen LogP contribution in [0.3, 0.4) is 0 Å². The number of benzene rings is 2. The van der Waals surface area contributed by atoms with E-state index in [1.54, 1.807) is 12.3 Å². The number of nitrogens with one attached hydrogen (secondary N) is 1. The molecule has 0 aliphatic rings. The molecule has 0 bridgehead atoms. The molecule has 0 aliphatic carbocycles. The van der Waals surface area contributed by atoms with E-state index in [9.17, 15) is 4.39 Å². The number of rotatable bonds is 2. The zero-order chi connectivity index (χ0) is 16.1. The van der Waals surface area contributed by atoms with E-state index in [-0.39, 0.29) is 5.82 Å². The van der Waals surface area contributed by atoms with E-state index in [1.807, 2.05) is 37.3 Å². The summed E-state index contributed by atoms with van der Waals surface area (Å²) in [4.78, 5) is 3.56. The fourth-order valence-electron chi connectivity index (χ4n) is 2.06. The molecule has 0 saturated heterocycles. The summed E-state index contributed by atoms with van der Waals surface area (Å²) in [5.41, 5.74) is 7.12. The molecule has 0 spiro atoms. The maximum absolute atomic E-state index is 13.9. The Morgan fingerprint density at radius 2 is 1.86 bits per heavy atom. The van der Waals surface area contributed by atoms with E-state index in [4.69, 9.17) is 5.14 Å². The Morgan fingerprint density at radius 3 is 2.59 bits per heavy atom. The number of H-pyrrole nitrogens is 1. The summed E-state index contributed by atoms with van der Waals surface area (Å²) in [5.74, 6) is -0.306. The van der Waals surface area contributed by atoms with Crippen LogP contribution in [0.2, 0.25) is 0 Å². The predicted octanol–water partition coefficient (Wildman–Crippen LogP) is 3.56. The minimum Gasteiger partial charge on any atom is -0.359 e. The third-order valence-electron chi connectivity index (χ3n) is 3.08. The van der Waals surface area contributed by atoms with Crippen molar-refractivity contribution in [2.24, 2.45) is 15.2 Å². The van der Waals surface area contributed by atoms with Crippen LogP contribution in [0.25, 0.3) is 10.9 Å². The maximum Gasteiger partial charge on any atom is 0.139 e. The van der Waals surface area contributed by atoms with Gasteiger partial charge in [-0.25, -0.2) is 8.75 Å². The van der Waals surface area contributed by atoms with Crippen molar-refractivity contribution in [1.29, 1.82) is 0 Å². The fraction of sp³-hybridized carbons (Fsp3) is 0.125. The van der Waals surface area contributed by atoms with Gasteiger partial charge in [0.15, 0.2) is 0 Å². The van der Waals surface area contributed by atoms with Crippen molar-refractivity contribution >= 4 is 27.5 Å². The Balaban J connectivity index is 0.000000847. The summed E-state index contributed by atoms with van der Waals surface area (Å²) >= 11 is 0. The second-order valence-corrected chi connectivity index (χ2v) is 5.81. The third kappa shape index (κ3) is 3.41. The lowest BCUT2D eigenvalue weighted by molar-refractivity contribution is 0.600. The molecule has 0 radical (unpaired) electrons. The third-order valence-corrected chi connectivity index (χ3v) is 4.25. The molecule has 1 unspecified atom stereocenters. The predicted molar refractivity (Wildman–Crippen MR) is 91.5 cm³/mol. The molecule has 2 aromatic carbocycles. The van der Waals surface area contributed by atoms with Crippen LogP contribution in [-0.2, 0) is 10.9 Å². The maximum atomic E-state index is 13.9. The van der Waals surface area contributed by atoms with Crippen molar-refractivity contribution in [1.82, 2.24) is 4.98 Å². The van der Waals surface area contributed by atoms with E-state index in [0.29, 0.717) is 4.90 Å². The highest BCUT2D eigenvalue weighted by Gasteiger charge is 2.07. The lowest BCUT2D eigenvalue weighted by atomic mass is 10.2. The van der Waals surface area contributed by atoms with Gasteiger partial charge in [-0.2, -0.15) is 0 Å². The zero-order valence-electron chi connectivity index (χ0n) is 12.5. The first-order chi connectivity index (χ1) is 10.6. The van der Waals surface area contributed by atoms with Crippen LogP contribution in [0.1, 0.15) is 5.56 Å². The highest BCUT2D eigenvalue weighted by molar-refractivity contribution is 7.85. The Morgan fingerprint density at radius 1 is 1.14 bits per heavy atom. The Hall–Kier alpha value is -2.02. The van der Waals surface area contributed by atoms with Crippen LogP contribution in [0.4, 0.5) is 10.1 Å². The molecule has 0 fully saturated rings. The van der Waals surface area contributed by atoms with Gasteiger partial charge in [0.05, 0.1) is 10.6 Å². The molecule has 0 saturated carbocycles. The van der Waals surface area contributed by atoms with Crippen LogP contribution in [0.5, 0.6) is 0 Å². The molecule has 1 aromatic heterocycles. The quantitative estimate of drug-likeness (QED) is 0.675. The molecular formula is C16H19FN4S. The van der Waals surface area contributed by atoms with Crippen molar-refractivity contribution < 1.29 is 4.39 Å². The lowest BCUT2D eigenvalue weighted by Gasteiger charge is -2.04. The van der Waals surface area contributed by atoms with Crippen LogP contribution < -0.4 is 10.9 Å². The van der Waals surface area contributed by atoms with E-state index in [1.165, 1.54) is 13.1 Å². The van der Waals surface area contributed by atoms with Crippen molar-refractivity contribution in [3.63, 3.8) is 0 Å². The molecular weight excluding hydrogens is 299 g/mol. The second kappa shape index (κ2) is 7.31. The van der Waals surface area contributed by atoms with Gasteiger partial charge in [0.1, 0.15) is 5.82 Å².